The summed E-state index contributed by atoms with van der Waals surface area (Å²) in [6.45, 7) is 3.50. The Balaban J connectivity index is 1.37. The molecule has 0 N–H and O–H groups in total. The van der Waals surface area contributed by atoms with Gasteiger partial charge in [-0.1, -0.05) is 6.07 Å². The monoisotopic (exact) mass is 443 g/mol. The van der Waals surface area contributed by atoms with Gasteiger partial charge in [-0.05, 0) is 31.4 Å². The predicted molar refractivity (Wildman–Crippen MR) is 115 cm³/mol. The van der Waals surface area contributed by atoms with Crippen LogP contribution in [0.1, 0.15) is 27.4 Å². The molecule has 0 fully saturated rings. The van der Waals surface area contributed by atoms with Crippen LogP contribution in [0, 0.1) is 13.8 Å². The summed E-state index contributed by atoms with van der Waals surface area (Å²) in [5.74, 6) is -0.693. The van der Waals surface area contributed by atoms with Crippen molar-refractivity contribution in [3.8, 4) is 15.0 Å². The molecule has 4 rings (SSSR count). The summed E-state index contributed by atoms with van der Waals surface area (Å²) in [4.78, 5) is 34.6. The molecule has 0 aliphatic rings. The van der Waals surface area contributed by atoms with Crippen molar-refractivity contribution in [2.75, 3.05) is 6.61 Å². The molecular formula is C20H17N3O3S3. The first kappa shape index (κ1) is 19.7. The minimum Gasteiger partial charge on any atom is -0.457 e. The first-order valence-corrected chi connectivity index (χ1v) is 11.4. The number of esters is 1. The summed E-state index contributed by atoms with van der Waals surface area (Å²) >= 11 is 4.60. The fourth-order valence-electron chi connectivity index (χ4n) is 2.99. The van der Waals surface area contributed by atoms with Gasteiger partial charge in [0, 0.05) is 33.9 Å². The van der Waals surface area contributed by atoms with Crippen molar-refractivity contribution < 1.29 is 14.3 Å². The Labute approximate surface area is 179 Å². The van der Waals surface area contributed by atoms with Gasteiger partial charge in [0.2, 0.25) is 5.78 Å². The van der Waals surface area contributed by atoms with Gasteiger partial charge < -0.3 is 4.74 Å². The molecule has 29 heavy (non-hydrogen) atoms. The van der Waals surface area contributed by atoms with Crippen molar-refractivity contribution in [1.29, 1.82) is 0 Å². The van der Waals surface area contributed by atoms with Crippen LogP contribution < -0.4 is 0 Å². The van der Waals surface area contributed by atoms with Gasteiger partial charge in [-0.3, -0.25) is 14.2 Å². The number of carbonyl (C=O) groups is 2. The maximum atomic E-state index is 12.6. The van der Waals surface area contributed by atoms with Crippen LogP contribution in [-0.4, -0.2) is 32.9 Å². The first-order chi connectivity index (χ1) is 14.0. The average Bonchev–Trinajstić information content (AvgIpc) is 3.47. The number of hydrogen-bond acceptors (Lipinski definition) is 8. The lowest BCUT2D eigenvalue weighted by molar-refractivity contribution is -0.141. The fourth-order valence-corrected chi connectivity index (χ4v) is 5.38. The smallest absolute Gasteiger partial charge is 0.312 e. The molecule has 0 spiro atoms. The van der Waals surface area contributed by atoms with Crippen LogP contribution in [0.4, 0.5) is 0 Å². The highest BCUT2D eigenvalue weighted by molar-refractivity contribution is 7.20. The van der Waals surface area contributed by atoms with Crippen molar-refractivity contribution in [3.05, 3.63) is 63.2 Å². The summed E-state index contributed by atoms with van der Waals surface area (Å²) in [6.07, 6.45) is 1.78. The third-order valence-electron chi connectivity index (χ3n) is 4.32. The van der Waals surface area contributed by atoms with Crippen molar-refractivity contribution in [2.45, 2.75) is 20.3 Å². The van der Waals surface area contributed by atoms with E-state index in [1.807, 2.05) is 46.7 Å². The van der Waals surface area contributed by atoms with E-state index in [1.165, 1.54) is 22.7 Å². The largest absolute Gasteiger partial charge is 0.457 e. The minimum absolute atomic E-state index is 0.0489. The Kier molecular flexibility index (Phi) is 5.70. The molecule has 0 aromatic carbocycles. The Morgan fingerprint density at radius 1 is 1.17 bits per heavy atom. The van der Waals surface area contributed by atoms with Gasteiger partial charge in [-0.15, -0.1) is 34.0 Å². The second-order valence-corrected chi connectivity index (χ2v) is 9.00. The predicted octanol–water partition coefficient (Wildman–Crippen LogP) is 4.70. The molecule has 0 atom stereocenters. The Hall–Kier alpha value is -2.62. The molecule has 6 nitrogen and oxygen atoms in total. The molecule has 148 valence electrons. The number of rotatable bonds is 7. The number of ketones is 1. The molecule has 0 unspecified atom stereocenters. The maximum Gasteiger partial charge on any atom is 0.312 e. The first-order valence-electron chi connectivity index (χ1n) is 8.79. The number of ether oxygens (including phenoxy) is 1. The third-order valence-corrected chi connectivity index (χ3v) is 7.00. The zero-order valence-electron chi connectivity index (χ0n) is 15.7. The van der Waals surface area contributed by atoms with E-state index in [1.54, 1.807) is 23.6 Å². The normalized spacial score (nSPS) is 11.0. The van der Waals surface area contributed by atoms with Crippen LogP contribution >= 0.6 is 34.0 Å². The molecule has 9 heteroatoms. The fraction of sp³-hybridized carbons (Fsp3) is 0.200. The number of aromatic nitrogens is 3. The molecule has 0 radical (unpaired) electrons. The molecule has 4 aromatic rings. The summed E-state index contributed by atoms with van der Waals surface area (Å²) in [5.41, 5.74) is 2.89. The van der Waals surface area contributed by atoms with Crippen LogP contribution in [-0.2, 0) is 16.0 Å². The molecule has 0 amide bonds. The zero-order valence-corrected chi connectivity index (χ0v) is 18.2. The molecule has 4 heterocycles. The van der Waals surface area contributed by atoms with Gasteiger partial charge in [0.15, 0.2) is 11.7 Å². The van der Waals surface area contributed by atoms with Gasteiger partial charge >= 0.3 is 5.97 Å². The number of carbonyl (C=O) groups excluding carboxylic acids is 2. The van der Waals surface area contributed by atoms with Crippen LogP contribution in [0.5, 0.6) is 0 Å². The zero-order chi connectivity index (χ0) is 20.4. The summed E-state index contributed by atoms with van der Waals surface area (Å²) in [7, 11) is 0. The lowest BCUT2D eigenvalue weighted by Crippen LogP contribution is -2.16. The second-order valence-electron chi connectivity index (χ2n) is 6.32. The van der Waals surface area contributed by atoms with E-state index in [2.05, 4.69) is 9.97 Å². The second kappa shape index (κ2) is 8.40. The maximum absolute atomic E-state index is 12.6. The lowest BCUT2D eigenvalue weighted by atomic mass is 10.1. The van der Waals surface area contributed by atoms with E-state index < -0.39 is 5.97 Å². The number of Topliss-reactive ketones (excluding diaryl/α,β-unsaturated/α-hetero) is 1. The molecule has 0 aliphatic heterocycles. The standard InChI is InChI=1S/C20H17N3O3S3/c1-12-8-15(13(2)23(12)20-21-5-7-28-20)16(24)10-26-18(25)9-14-11-29-19(22-14)17-4-3-6-27-17/h3-8,11H,9-10H2,1-2H3. The number of nitrogens with zero attached hydrogens (tertiary/aromatic N) is 3. The van der Waals surface area contributed by atoms with Gasteiger partial charge in [0.05, 0.1) is 17.0 Å². The topological polar surface area (TPSA) is 74.1 Å². The molecule has 0 saturated heterocycles. The van der Waals surface area contributed by atoms with Crippen LogP contribution in [0.25, 0.3) is 15.0 Å². The Morgan fingerprint density at radius 3 is 2.76 bits per heavy atom. The SMILES string of the molecule is Cc1cc(C(=O)COC(=O)Cc2csc(-c3cccs3)n2)c(C)n1-c1nccs1. The molecule has 0 aliphatic carbocycles. The highest BCUT2D eigenvalue weighted by atomic mass is 32.1. The molecule has 4 aromatic heterocycles. The average molecular weight is 444 g/mol. The summed E-state index contributed by atoms with van der Waals surface area (Å²) < 4.78 is 7.15. The van der Waals surface area contributed by atoms with E-state index in [4.69, 9.17) is 4.74 Å². The van der Waals surface area contributed by atoms with Crippen molar-refractivity contribution in [3.63, 3.8) is 0 Å². The van der Waals surface area contributed by atoms with Crippen LogP contribution in [0.15, 0.2) is 40.5 Å². The van der Waals surface area contributed by atoms with Crippen molar-refractivity contribution >= 4 is 45.8 Å². The van der Waals surface area contributed by atoms with E-state index >= 15 is 0 Å². The van der Waals surface area contributed by atoms with Gasteiger partial charge in [-0.25, -0.2) is 9.97 Å². The molecule has 0 saturated carbocycles. The Morgan fingerprint density at radius 2 is 2.03 bits per heavy atom. The van der Waals surface area contributed by atoms with Gasteiger partial charge in [-0.2, -0.15) is 0 Å². The highest BCUT2D eigenvalue weighted by Crippen LogP contribution is 2.28. The van der Waals surface area contributed by atoms with Crippen LogP contribution in [0.2, 0.25) is 0 Å². The number of thiophene rings is 1. The van der Waals surface area contributed by atoms with E-state index in [-0.39, 0.29) is 18.8 Å². The number of thiazole rings is 2. The Bertz CT molecular complexity index is 1140. The molecular weight excluding hydrogens is 426 g/mol. The third kappa shape index (κ3) is 4.21. The van der Waals surface area contributed by atoms with E-state index in [0.717, 1.165) is 26.4 Å². The van der Waals surface area contributed by atoms with Crippen molar-refractivity contribution in [2.24, 2.45) is 0 Å². The highest BCUT2D eigenvalue weighted by Gasteiger charge is 2.19. The number of hydrogen-bond donors (Lipinski definition) is 0. The van der Waals surface area contributed by atoms with Gasteiger partial charge in [0.1, 0.15) is 5.01 Å². The summed E-state index contributed by atoms with van der Waals surface area (Å²) in [5, 5.41) is 7.41. The lowest BCUT2D eigenvalue weighted by Gasteiger charge is -2.06. The number of aryl methyl sites for hydroxylation is 1. The summed E-state index contributed by atoms with van der Waals surface area (Å²) in [6, 6.07) is 5.76. The van der Waals surface area contributed by atoms with E-state index in [9.17, 15) is 9.59 Å². The van der Waals surface area contributed by atoms with E-state index in [0.29, 0.717) is 11.3 Å². The van der Waals surface area contributed by atoms with Gasteiger partial charge in [0.25, 0.3) is 0 Å². The minimum atomic E-state index is -0.463. The molecule has 0 bridgehead atoms. The van der Waals surface area contributed by atoms with Crippen molar-refractivity contribution in [1.82, 2.24) is 14.5 Å². The van der Waals surface area contributed by atoms with Crippen LogP contribution in [0.3, 0.4) is 0 Å². The quantitative estimate of drug-likeness (QED) is 0.306.